The monoisotopic (exact) mass is 241 g/mol. The SMILES string of the molecule is O=C1Sc2ccccc2NC1c1ccccc1. The second kappa shape index (κ2) is 4.26. The third kappa shape index (κ3) is 1.94. The van der Waals surface area contributed by atoms with Crippen molar-refractivity contribution in [1.29, 1.82) is 0 Å². The fourth-order valence-corrected chi connectivity index (χ4v) is 2.83. The van der Waals surface area contributed by atoms with Gasteiger partial charge in [-0.15, -0.1) is 0 Å². The number of carbonyl (C=O) groups excluding carboxylic acids is 1. The number of hydrogen-bond donors (Lipinski definition) is 1. The van der Waals surface area contributed by atoms with E-state index >= 15 is 0 Å². The molecule has 3 heteroatoms. The molecule has 0 amide bonds. The van der Waals surface area contributed by atoms with Crippen LogP contribution in [0.15, 0.2) is 59.5 Å². The van der Waals surface area contributed by atoms with Gasteiger partial charge in [-0.25, -0.2) is 0 Å². The number of anilines is 1. The van der Waals surface area contributed by atoms with Crippen LogP contribution >= 0.6 is 11.8 Å². The number of benzene rings is 2. The lowest BCUT2D eigenvalue weighted by Crippen LogP contribution is -2.22. The first-order valence-electron chi connectivity index (χ1n) is 5.47. The third-order valence-corrected chi connectivity index (χ3v) is 3.78. The molecule has 1 N–H and O–H groups in total. The minimum atomic E-state index is -0.240. The number of thioether (sulfide) groups is 1. The smallest absolute Gasteiger partial charge is 0.220 e. The second-order valence-corrected chi connectivity index (χ2v) is 4.95. The van der Waals surface area contributed by atoms with Crippen molar-refractivity contribution in [2.75, 3.05) is 5.32 Å². The summed E-state index contributed by atoms with van der Waals surface area (Å²) in [6.07, 6.45) is 0. The summed E-state index contributed by atoms with van der Waals surface area (Å²) >= 11 is 1.31. The zero-order chi connectivity index (χ0) is 11.7. The highest BCUT2D eigenvalue weighted by molar-refractivity contribution is 8.14. The van der Waals surface area contributed by atoms with Crippen molar-refractivity contribution >= 4 is 22.6 Å². The molecule has 1 aliphatic rings. The maximum absolute atomic E-state index is 12.1. The van der Waals surface area contributed by atoms with E-state index in [-0.39, 0.29) is 11.2 Å². The Morgan fingerprint density at radius 2 is 1.65 bits per heavy atom. The molecule has 1 aliphatic heterocycles. The minimum Gasteiger partial charge on any atom is -0.370 e. The lowest BCUT2D eigenvalue weighted by Gasteiger charge is -2.25. The van der Waals surface area contributed by atoms with E-state index in [0.29, 0.717) is 0 Å². The van der Waals surface area contributed by atoms with Gasteiger partial charge < -0.3 is 5.32 Å². The molecular weight excluding hydrogens is 230 g/mol. The fraction of sp³-hybridized carbons (Fsp3) is 0.0714. The second-order valence-electron chi connectivity index (χ2n) is 3.91. The molecule has 0 saturated heterocycles. The molecule has 17 heavy (non-hydrogen) atoms. The van der Waals surface area contributed by atoms with Gasteiger partial charge in [-0.3, -0.25) is 4.79 Å². The molecule has 0 spiro atoms. The van der Waals surface area contributed by atoms with Crippen molar-refractivity contribution < 1.29 is 4.79 Å². The number of para-hydroxylation sites is 1. The van der Waals surface area contributed by atoms with Gasteiger partial charge in [0.05, 0.1) is 0 Å². The summed E-state index contributed by atoms with van der Waals surface area (Å²) in [5.41, 5.74) is 2.05. The summed E-state index contributed by atoms with van der Waals surface area (Å²) in [6.45, 7) is 0. The van der Waals surface area contributed by atoms with Crippen LogP contribution in [0.5, 0.6) is 0 Å². The summed E-state index contributed by atoms with van der Waals surface area (Å²) in [4.78, 5) is 13.1. The Balaban J connectivity index is 1.98. The van der Waals surface area contributed by atoms with Gasteiger partial charge in [-0.05, 0) is 29.5 Å². The quantitative estimate of drug-likeness (QED) is 0.828. The Kier molecular flexibility index (Phi) is 2.61. The van der Waals surface area contributed by atoms with Crippen LogP contribution in [0.2, 0.25) is 0 Å². The molecule has 2 aromatic rings. The Bertz CT molecular complexity index is 553. The molecule has 1 atom stereocenters. The standard InChI is InChI=1S/C14H11NOS/c16-14-13(10-6-2-1-3-7-10)15-11-8-4-5-9-12(11)17-14/h1-9,13,15H. The number of rotatable bonds is 1. The highest BCUT2D eigenvalue weighted by Gasteiger charge is 2.27. The maximum atomic E-state index is 12.1. The van der Waals surface area contributed by atoms with E-state index in [1.165, 1.54) is 11.8 Å². The van der Waals surface area contributed by atoms with Crippen molar-refractivity contribution in [2.45, 2.75) is 10.9 Å². The van der Waals surface area contributed by atoms with E-state index < -0.39 is 0 Å². The Morgan fingerprint density at radius 3 is 2.47 bits per heavy atom. The predicted octanol–water partition coefficient (Wildman–Crippen LogP) is 3.47. The van der Waals surface area contributed by atoms with Gasteiger partial charge in [0.2, 0.25) is 5.12 Å². The minimum absolute atomic E-state index is 0.148. The molecule has 1 unspecified atom stereocenters. The molecule has 2 aromatic carbocycles. The van der Waals surface area contributed by atoms with Crippen molar-refractivity contribution in [2.24, 2.45) is 0 Å². The van der Waals surface area contributed by atoms with Crippen LogP contribution < -0.4 is 5.32 Å². The first kappa shape index (κ1) is 10.4. The lowest BCUT2D eigenvalue weighted by molar-refractivity contribution is -0.111. The van der Waals surface area contributed by atoms with Gasteiger partial charge in [0.1, 0.15) is 6.04 Å². The molecule has 0 fully saturated rings. The molecule has 0 bridgehead atoms. The third-order valence-electron chi connectivity index (χ3n) is 2.77. The Hall–Kier alpha value is -1.74. The van der Waals surface area contributed by atoms with Crippen molar-refractivity contribution in [3.8, 4) is 0 Å². The van der Waals surface area contributed by atoms with Crippen LogP contribution in [0.4, 0.5) is 5.69 Å². The molecule has 3 rings (SSSR count). The Labute approximate surface area is 104 Å². The predicted molar refractivity (Wildman–Crippen MR) is 70.1 cm³/mol. The maximum Gasteiger partial charge on any atom is 0.220 e. The van der Waals surface area contributed by atoms with E-state index in [9.17, 15) is 4.79 Å². The van der Waals surface area contributed by atoms with Gasteiger partial charge in [0, 0.05) is 10.6 Å². The van der Waals surface area contributed by atoms with Crippen molar-refractivity contribution in [3.63, 3.8) is 0 Å². The first-order valence-corrected chi connectivity index (χ1v) is 6.28. The average molecular weight is 241 g/mol. The molecule has 0 aliphatic carbocycles. The molecule has 0 radical (unpaired) electrons. The van der Waals surface area contributed by atoms with Crippen LogP contribution in [-0.4, -0.2) is 5.12 Å². The zero-order valence-electron chi connectivity index (χ0n) is 9.09. The van der Waals surface area contributed by atoms with Crippen LogP contribution in [-0.2, 0) is 4.79 Å². The summed E-state index contributed by atoms with van der Waals surface area (Å²) in [7, 11) is 0. The molecule has 84 valence electrons. The summed E-state index contributed by atoms with van der Waals surface area (Å²) in [6, 6.07) is 17.5. The topological polar surface area (TPSA) is 29.1 Å². The van der Waals surface area contributed by atoms with Crippen molar-refractivity contribution in [1.82, 2.24) is 0 Å². The average Bonchev–Trinajstić information content (AvgIpc) is 2.39. The van der Waals surface area contributed by atoms with E-state index in [1.807, 2.05) is 54.6 Å². The van der Waals surface area contributed by atoms with Gasteiger partial charge >= 0.3 is 0 Å². The Morgan fingerprint density at radius 1 is 0.941 bits per heavy atom. The van der Waals surface area contributed by atoms with Crippen LogP contribution in [0.1, 0.15) is 11.6 Å². The van der Waals surface area contributed by atoms with Crippen molar-refractivity contribution in [3.05, 3.63) is 60.2 Å². The normalized spacial score (nSPS) is 18.4. The molecule has 0 aromatic heterocycles. The molecular formula is C14H11NOS. The van der Waals surface area contributed by atoms with Gasteiger partial charge in [0.25, 0.3) is 0 Å². The van der Waals surface area contributed by atoms with Crippen LogP contribution in [0, 0.1) is 0 Å². The van der Waals surface area contributed by atoms with E-state index in [1.54, 1.807) is 0 Å². The molecule has 2 nitrogen and oxygen atoms in total. The van der Waals surface area contributed by atoms with Crippen LogP contribution in [0.3, 0.4) is 0 Å². The van der Waals surface area contributed by atoms with Gasteiger partial charge in [-0.2, -0.15) is 0 Å². The van der Waals surface area contributed by atoms with E-state index in [4.69, 9.17) is 0 Å². The number of carbonyl (C=O) groups is 1. The van der Waals surface area contributed by atoms with Gasteiger partial charge in [-0.1, -0.05) is 42.5 Å². The van der Waals surface area contributed by atoms with E-state index in [2.05, 4.69) is 5.32 Å². The highest BCUT2D eigenvalue weighted by Crippen LogP contribution is 2.39. The summed E-state index contributed by atoms with van der Waals surface area (Å²) in [5.74, 6) is 0. The largest absolute Gasteiger partial charge is 0.370 e. The summed E-state index contributed by atoms with van der Waals surface area (Å²) < 4.78 is 0. The highest BCUT2D eigenvalue weighted by atomic mass is 32.2. The molecule has 0 saturated carbocycles. The van der Waals surface area contributed by atoms with Gasteiger partial charge in [0.15, 0.2) is 0 Å². The van der Waals surface area contributed by atoms with E-state index in [0.717, 1.165) is 16.1 Å². The zero-order valence-corrected chi connectivity index (χ0v) is 9.91. The number of hydrogen-bond acceptors (Lipinski definition) is 3. The van der Waals surface area contributed by atoms with Crippen LogP contribution in [0.25, 0.3) is 0 Å². The summed E-state index contributed by atoms with van der Waals surface area (Å²) in [5, 5.41) is 3.44. The molecule has 1 heterocycles. The lowest BCUT2D eigenvalue weighted by atomic mass is 10.1. The first-order chi connectivity index (χ1) is 8.34. The number of fused-ring (bicyclic) bond motifs is 1. The number of nitrogens with one attached hydrogen (secondary N) is 1. The fourth-order valence-electron chi connectivity index (χ4n) is 1.92.